The Morgan fingerprint density at radius 3 is 2.32 bits per heavy atom. The van der Waals surface area contributed by atoms with Crippen LogP contribution in [0.25, 0.3) is 0 Å². The summed E-state index contributed by atoms with van der Waals surface area (Å²) in [5, 5.41) is 3.09. The first-order chi connectivity index (χ1) is 9.37. The zero-order valence-corrected chi connectivity index (χ0v) is 15.3. The van der Waals surface area contributed by atoms with Crippen LogP contribution in [0.3, 0.4) is 0 Å². The van der Waals surface area contributed by atoms with E-state index in [1.165, 1.54) is 12.1 Å². The van der Waals surface area contributed by atoms with Crippen LogP contribution in [0.1, 0.15) is 18.0 Å². The van der Waals surface area contributed by atoms with Gasteiger partial charge in [0.15, 0.2) is 0 Å². The second-order valence-corrected chi connectivity index (χ2v) is 6.03. The molecule has 0 aliphatic carbocycles. The van der Waals surface area contributed by atoms with E-state index in [4.69, 9.17) is 0 Å². The minimum Gasteiger partial charge on any atom is -0.314 e. The summed E-state index contributed by atoms with van der Waals surface area (Å²) in [6.07, 6.45) is -5.34. The van der Waals surface area contributed by atoms with Gasteiger partial charge in [-0.05, 0) is 40.8 Å². The third-order valence-corrected chi connectivity index (χ3v) is 4.01. The minimum absolute atomic E-state index is 0. The predicted octanol–water partition coefficient (Wildman–Crippen LogP) is 4.17. The van der Waals surface area contributed by atoms with Crippen LogP contribution in [0.4, 0.5) is 17.6 Å². The number of benzene rings is 1. The molecule has 0 saturated carbocycles. The van der Waals surface area contributed by atoms with E-state index in [1.807, 2.05) is 22.6 Å². The SMILES string of the molecule is Cl.Cl.Fc1ccc(I)cc1[C@H](CC(F)(F)F)N1CCNCC1. The van der Waals surface area contributed by atoms with Gasteiger partial charge in [0.2, 0.25) is 0 Å². The number of hydrogen-bond donors (Lipinski definition) is 1. The zero-order valence-electron chi connectivity index (χ0n) is 11.5. The van der Waals surface area contributed by atoms with Gasteiger partial charge in [0.1, 0.15) is 5.82 Å². The van der Waals surface area contributed by atoms with E-state index in [-0.39, 0.29) is 30.4 Å². The van der Waals surface area contributed by atoms with Gasteiger partial charge in [-0.2, -0.15) is 13.2 Å². The van der Waals surface area contributed by atoms with Crippen LogP contribution in [0.2, 0.25) is 0 Å². The van der Waals surface area contributed by atoms with Gasteiger partial charge in [0.25, 0.3) is 0 Å². The summed E-state index contributed by atoms with van der Waals surface area (Å²) in [5.74, 6) is -0.571. The molecular formula is C13H17Cl2F4IN2. The highest BCUT2D eigenvalue weighted by atomic mass is 127. The Bertz CT molecular complexity index is 468. The molecule has 0 bridgehead atoms. The molecule has 2 nitrogen and oxygen atoms in total. The lowest BCUT2D eigenvalue weighted by molar-refractivity contribution is -0.149. The first kappa shape index (κ1) is 22.2. The number of piperazine rings is 1. The maximum Gasteiger partial charge on any atom is 0.390 e. The van der Waals surface area contributed by atoms with Crippen LogP contribution >= 0.6 is 47.4 Å². The molecule has 0 spiro atoms. The highest BCUT2D eigenvalue weighted by Gasteiger charge is 2.37. The predicted molar refractivity (Wildman–Crippen MR) is 91.5 cm³/mol. The fourth-order valence-electron chi connectivity index (χ4n) is 2.42. The molecule has 1 heterocycles. The Kier molecular flexibility index (Phi) is 9.54. The number of hydrogen-bond acceptors (Lipinski definition) is 2. The van der Waals surface area contributed by atoms with Crippen LogP contribution in [-0.4, -0.2) is 37.3 Å². The number of nitrogens with zero attached hydrogens (tertiary/aromatic N) is 1. The van der Waals surface area contributed by atoms with Gasteiger partial charge in [-0.15, -0.1) is 24.8 Å². The molecule has 1 aliphatic heterocycles. The summed E-state index contributed by atoms with van der Waals surface area (Å²) in [6, 6.07) is 3.35. The molecular weight excluding hydrogens is 458 g/mol. The molecule has 0 radical (unpaired) electrons. The second-order valence-electron chi connectivity index (χ2n) is 4.79. The van der Waals surface area contributed by atoms with Gasteiger partial charge >= 0.3 is 6.18 Å². The van der Waals surface area contributed by atoms with Crippen LogP contribution in [0.5, 0.6) is 0 Å². The Balaban J connectivity index is 0.00000220. The summed E-state index contributed by atoms with van der Waals surface area (Å²) in [5.41, 5.74) is 0.135. The molecule has 1 aromatic rings. The number of alkyl halides is 3. The first-order valence-corrected chi connectivity index (χ1v) is 7.41. The minimum atomic E-state index is -4.32. The van der Waals surface area contributed by atoms with Gasteiger partial charge in [-0.25, -0.2) is 4.39 Å². The molecule has 1 saturated heterocycles. The third kappa shape index (κ3) is 6.35. The van der Waals surface area contributed by atoms with Crippen molar-refractivity contribution in [1.82, 2.24) is 10.2 Å². The zero-order chi connectivity index (χ0) is 14.8. The molecule has 0 unspecified atom stereocenters. The van der Waals surface area contributed by atoms with Crippen molar-refractivity contribution >= 4 is 47.4 Å². The molecule has 1 atom stereocenters. The van der Waals surface area contributed by atoms with Crippen LogP contribution in [0.15, 0.2) is 18.2 Å². The van der Waals surface area contributed by atoms with E-state index < -0.39 is 24.5 Å². The van der Waals surface area contributed by atoms with Crippen molar-refractivity contribution in [2.24, 2.45) is 0 Å². The molecule has 128 valence electrons. The Hall–Kier alpha value is 0.170. The molecule has 2 rings (SSSR count). The summed E-state index contributed by atoms with van der Waals surface area (Å²) in [6.45, 7) is 2.23. The molecule has 9 heteroatoms. The van der Waals surface area contributed by atoms with Crippen LogP contribution in [0, 0.1) is 9.39 Å². The van der Waals surface area contributed by atoms with Crippen LogP contribution < -0.4 is 5.32 Å². The highest BCUT2D eigenvalue weighted by molar-refractivity contribution is 14.1. The van der Waals surface area contributed by atoms with Crippen molar-refractivity contribution in [3.8, 4) is 0 Å². The molecule has 0 amide bonds. The number of nitrogens with one attached hydrogen (secondary N) is 1. The van der Waals surface area contributed by atoms with E-state index in [0.29, 0.717) is 26.2 Å². The van der Waals surface area contributed by atoms with Crippen molar-refractivity contribution in [1.29, 1.82) is 0 Å². The lowest BCUT2D eigenvalue weighted by atomic mass is 10.0. The summed E-state index contributed by atoms with van der Waals surface area (Å²) in [7, 11) is 0. The third-order valence-electron chi connectivity index (χ3n) is 3.33. The van der Waals surface area contributed by atoms with Gasteiger partial charge in [-0.1, -0.05) is 0 Å². The molecule has 0 aromatic heterocycles. The molecule has 1 aliphatic rings. The topological polar surface area (TPSA) is 15.3 Å². The monoisotopic (exact) mass is 474 g/mol. The smallest absolute Gasteiger partial charge is 0.314 e. The van der Waals surface area contributed by atoms with E-state index in [2.05, 4.69) is 5.32 Å². The number of rotatable bonds is 3. The maximum atomic E-state index is 13.9. The fourth-order valence-corrected chi connectivity index (χ4v) is 2.93. The summed E-state index contributed by atoms with van der Waals surface area (Å²) >= 11 is 1.98. The Morgan fingerprint density at radius 2 is 1.77 bits per heavy atom. The normalized spacial score (nSPS) is 17.3. The van der Waals surface area contributed by atoms with Crippen molar-refractivity contribution in [3.05, 3.63) is 33.1 Å². The van der Waals surface area contributed by atoms with E-state index in [1.54, 1.807) is 11.0 Å². The second kappa shape index (κ2) is 9.46. The molecule has 1 N–H and O–H groups in total. The van der Waals surface area contributed by atoms with Gasteiger partial charge < -0.3 is 5.32 Å². The highest BCUT2D eigenvalue weighted by Crippen LogP contribution is 2.35. The maximum absolute atomic E-state index is 13.9. The van der Waals surface area contributed by atoms with Crippen molar-refractivity contribution in [2.75, 3.05) is 26.2 Å². The van der Waals surface area contributed by atoms with Crippen molar-refractivity contribution in [3.63, 3.8) is 0 Å². The lowest BCUT2D eigenvalue weighted by Gasteiger charge is -2.35. The summed E-state index contributed by atoms with van der Waals surface area (Å²) in [4.78, 5) is 1.71. The van der Waals surface area contributed by atoms with Crippen molar-refractivity contribution < 1.29 is 17.6 Å². The molecule has 1 aromatic carbocycles. The van der Waals surface area contributed by atoms with E-state index >= 15 is 0 Å². The Morgan fingerprint density at radius 1 is 1.18 bits per heavy atom. The Labute approximate surface area is 153 Å². The largest absolute Gasteiger partial charge is 0.390 e. The van der Waals surface area contributed by atoms with Gasteiger partial charge in [0.05, 0.1) is 6.42 Å². The van der Waals surface area contributed by atoms with E-state index in [0.717, 1.165) is 3.57 Å². The quantitative estimate of drug-likeness (QED) is 0.522. The van der Waals surface area contributed by atoms with Gasteiger partial charge in [-0.3, -0.25) is 4.90 Å². The first-order valence-electron chi connectivity index (χ1n) is 6.33. The lowest BCUT2D eigenvalue weighted by Crippen LogP contribution is -2.46. The van der Waals surface area contributed by atoms with Crippen LogP contribution in [-0.2, 0) is 0 Å². The summed E-state index contributed by atoms with van der Waals surface area (Å²) < 4.78 is 53.1. The van der Waals surface area contributed by atoms with Crippen molar-refractivity contribution in [2.45, 2.75) is 18.6 Å². The fraction of sp³-hybridized carbons (Fsp3) is 0.538. The standard InChI is InChI=1S/C13H15F4IN2.2ClH/c14-11-2-1-9(18)7-10(11)12(8-13(15,16)17)20-5-3-19-4-6-20;;/h1-2,7,12,19H,3-6,8H2;2*1H/t12-;;/m0../s1. The average Bonchev–Trinajstić information content (AvgIpc) is 2.39. The number of halogens is 7. The average molecular weight is 475 g/mol. The van der Waals surface area contributed by atoms with E-state index in [9.17, 15) is 17.6 Å². The molecule has 1 fully saturated rings. The molecule has 22 heavy (non-hydrogen) atoms. The van der Waals surface area contributed by atoms with Gasteiger partial charge in [0, 0.05) is 41.4 Å².